The Bertz CT molecular complexity index is 318. The molecule has 2 fully saturated rings. The average molecular weight is 241 g/mol. The number of rotatable bonds is 1. The fourth-order valence-electron chi connectivity index (χ4n) is 3.17. The topological polar surface area (TPSA) is 55.8 Å². The molecule has 2 heterocycles. The van der Waals surface area contributed by atoms with Crippen LogP contribution in [0.15, 0.2) is 0 Å². The third kappa shape index (κ3) is 2.10. The minimum atomic E-state index is -0.312. The summed E-state index contributed by atoms with van der Waals surface area (Å²) in [6.45, 7) is 0. The molecule has 2 rings (SSSR count). The van der Waals surface area contributed by atoms with E-state index in [1.807, 2.05) is 0 Å². The molecule has 0 aromatic heterocycles. The van der Waals surface area contributed by atoms with Crippen LogP contribution < -0.4 is 0 Å². The SMILES string of the molecule is COC(=O)[C@H]1CCC[C@@H]2CC[C@H]1N2C(=O)OC. The van der Waals surface area contributed by atoms with Gasteiger partial charge < -0.3 is 14.4 Å². The van der Waals surface area contributed by atoms with Gasteiger partial charge in [-0.05, 0) is 25.7 Å². The Morgan fingerprint density at radius 3 is 2.47 bits per heavy atom. The number of methoxy groups -OCH3 is 2. The molecule has 2 bridgehead atoms. The molecule has 0 N–H and O–H groups in total. The summed E-state index contributed by atoms with van der Waals surface area (Å²) in [5.41, 5.74) is 0. The molecule has 1 amide bonds. The van der Waals surface area contributed by atoms with Gasteiger partial charge in [-0.25, -0.2) is 4.79 Å². The van der Waals surface area contributed by atoms with Crippen molar-refractivity contribution in [1.82, 2.24) is 4.90 Å². The number of hydrogen-bond acceptors (Lipinski definition) is 4. The lowest BCUT2D eigenvalue weighted by Gasteiger charge is -2.29. The number of nitrogens with zero attached hydrogens (tertiary/aromatic N) is 1. The Balaban J connectivity index is 2.21. The van der Waals surface area contributed by atoms with E-state index in [0.717, 1.165) is 32.1 Å². The summed E-state index contributed by atoms with van der Waals surface area (Å²) in [6.07, 6.45) is 4.26. The second-order valence-electron chi connectivity index (χ2n) is 4.74. The molecule has 0 aliphatic carbocycles. The van der Waals surface area contributed by atoms with Gasteiger partial charge in [-0.15, -0.1) is 0 Å². The highest BCUT2D eigenvalue weighted by atomic mass is 16.5. The van der Waals surface area contributed by atoms with Crippen LogP contribution in [0.4, 0.5) is 4.79 Å². The van der Waals surface area contributed by atoms with E-state index in [0.29, 0.717) is 0 Å². The second-order valence-corrected chi connectivity index (χ2v) is 4.74. The molecule has 0 spiro atoms. The molecule has 0 radical (unpaired) electrons. The molecule has 0 unspecified atom stereocenters. The molecular formula is C12H19NO4. The van der Waals surface area contributed by atoms with E-state index in [1.165, 1.54) is 14.2 Å². The maximum atomic E-state index is 11.8. The standard InChI is InChI=1S/C12H19NO4/c1-16-11(14)9-5-3-4-8-6-7-10(9)13(8)12(15)17-2/h8-10H,3-7H2,1-2H3/t8-,9+,10-/m1/s1. The number of carbonyl (C=O) groups excluding carboxylic acids is 2. The molecule has 5 nitrogen and oxygen atoms in total. The smallest absolute Gasteiger partial charge is 0.410 e. The molecule has 2 saturated heterocycles. The van der Waals surface area contributed by atoms with Crippen molar-refractivity contribution in [3.05, 3.63) is 0 Å². The Hall–Kier alpha value is -1.26. The monoisotopic (exact) mass is 241 g/mol. The summed E-state index contributed by atoms with van der Waals surface area (Å²) < 4.78 is 9.66. The Labute approximate surface area is 101 Å². The molecule has 0 aromatic rings. The zero-order valence-electron chi connectivity index (χ0n) is 10.3. The molecule has 0 saturated carbocycles. The quantitative estimate of drug-likeness (QED) is 0.654. The van der Waals surface area contributed by atoms with Crippen LogP contribution in [0.25, 0.3) is 0 Å². The van der Waals surface area contributed by atoms with Gasteiger partial charge in [-0.3, -0.25) is 4.79 Å². The van der Waals surface area contributed by atoms with Crippen LogP contribution in [0.1, 0.15) is 32.1 Å². The zero-order valence-corrected chi connectivity index (χ0v) is 10.3. The minimum Gasteiger partial charge on any atom is -0.469 e. The summed E-state index contributed by atoms with van der Waals surface area (Å²) in [5, 5.41) is 0. The van der Waals surface area contributed by atoms with E-state index in [-0.39, 0.29) is 30.1 Å². The summed E-state index contributed by atoms with van der Waals surface area (Å²) in [4.78, 5) is 25.3. The fourth-order valence-corrected chi connectivity index (χ4v) is 3.17. The van der Waals surface area contributed by atoms with E-state index in [9.17, 15) is 9.59 Å². The van der Waals surface area contributed by atoms with Crippen molar-refractivity contribution in [2.75, 3.05) is 14.2 Å². The summed E-state index contributed by atoms with van der Waals surface area (Å²) in [6, 6.07) is 0.199. The maximum Gasteiger partial charge on any atom is 0.410 e. The van der Waals surface area contributed by atoms with Gasteiger partial charge in [-0.1, -0.05) is 6.42 Å². The van der Waals surface area contributed by atoms with Crippen LogP contribution in [-0.2, 0) is 14.3 Å². The molecule has 2 aliphatic rings. The largest absolute Gasteiger partial charge is 0.469 e. The third-order valence-corrected chi connectivity index (χ3v) is 3.95. The van der Waals surface area contributed by atoms with Gasteiger partial charge in [0, 0.05) is 12.1 Å². The number of esters is 1. The normalized spacial score (nSPS) is 31.9. The summed E-state index contributed by atoms with van der Waals surface area (Å²) in [5.74, 6) is -0.391. The lowest BCUT2D eigenvalue weighted by Crippen LogP contribution is -2.45. The number of ether oxygens (including phenoxy) is 2. The van der Waals surface area contributed by atoms with Gasteiger partial charge in [0.2, 0.25) is 0 Å². The Morgan fingerprint density at radius 1 is 1.06 bits per heavy atom. The first-order valence-corrected chi connectivity index (χ1v) is 6.13. The Kier molecular flexibility index (Phi) is 3.54. The zero-order chi connectivity index (χ0) is 12.4. The van der Waals surface area contributed by atoms with E-state index >= 15 is 0 Å². The summed E-state index contributed by atoms with van der Waals surface area (Å²) in [7, 11) is 2.79. The van der Waals surface area contributed by atoms with Gasteiger partial charge in [-0.2, -0.15) is 0 Å². The van der Waals surface area contributed by atoms with Crippen LogP contribution in [0.2, 0.25) is 0 Å². The molecule has 5 heteroatoms. The van der Waals surface area contributed by atoms with Crippen LogP contribution >= 0.6 is 0 Å². The van der Waals surface area contributed by atoms with Gasteiger partial charge >= 0.3 is 12.1 Å². The molecule has 3 atom stereocenters. The van der Waals surface area contributed by atoms with Crippen molar-refractivity contribution >= 4 is 12.1 Å². The number of carbonyl (C=O) groups is 2. The van der Waals surface area contributed by atoms with E-state index in [2.05, 4.69) is 0 Å². The lowest BCUT2D eigenvalue weighted by atomic mass is 9.90. The second kappa shape index (κ2) is 4.94. The van der Waals surface area contributed by atoms with Crippen molar-refractivity contribution in [3.8, 4) is 0 Å². The van der Waals surface area contributed by atoms with Crippen molar-refractivity contribution in [2.24, 2.45) is 5.92 Å². The van der Waals surface area contributed by atoms with Crippen molar-refractivity contribution in [3.63, 3.8) is 0 Å². The molecule has 96 valence electrons. The van der Waals surface area contributed by atoms with E-state index in [4.69, 9.17) is 9.47 Å². The first-order valence-electron chi connectivity index (χ1n) is 6.13. The third-order valence-electron chi connectivity index (χ3n) is 3.95. The van der Waals surface area contributed by atoms with Crippen LogP contribution in [0, 0.1) is 5.92 Å². The Morgan fingerprint density at radius 2 is 1.82 bits per heavy atom. The fraction of sp³-hybridized carbons (Fsp3) is 0.833. The maximum absolute atomic E-state index is 11.8. The van der Waals surface area contributed by atoms with Gasteiger partial charge in [0.25, 0.3) is 0 Å². The van der Waals surface area contributed by atoms with Crippen LogP contribution in [0.3, 0.4) is 0 Å². The summed E-state index contributed by atoms with van der Waals surface area (Å²) >= 11 is 0. The highest BCUT2D eigenvalue weighted by molar-refractivity contribution is 5.75. The van der Waals surface area contributed by atoms with E-state index in [1.54, 1.807) is 4.90 Å². The molecule has 0 aromatic carbocycles. The lowest BCUT2D eigenvalue weighted by molar-refractivity contribution is -0.147. The van der Waals surface area contributed by atoms with Gasteiger partial charge in [0.05, 0.1) is 20.1 Å². The van der Waals surface area contributed by atoms with Crippen molar-refractivity contribution in [2.45, 2.75) is 44.2 Å². The minimum absolute atomic E-state index is 0.0394. The predicted octanol–water partition coefficient (Wildman–Crippen LogP) is 1.56. The highest BCUT2D eigenvalue weighted by Gasteiger charge is 2.46. The molecule has 17 heavy (non-hydrogen) atoms. The van der Waals surface area contributed by atoms with Crippen LogP contribution in [-0.4, -0.2) is 43.3 Å². The average Bonchev–Trinajstić information content (AvgIpc) is 2.64. The van der Waals surface area contributed by atoms with Crippen molar-refractivity contribution in [1.29, 1.82) is 0 Å². The highest BCUT2D eigenvalue weighted by Crippen LogP contribution is 2.38. The van der Waals surface area contributed by atoms with Gasteiger partial charge in [0.15, 0.2) is 0 Å². The number of fused-ring (bicyclic) bond motifs is 2. The van der Waals surface area contributed by atoms with Gasteiger partial charge in [0.1, 0.15) is 0 Å². The molecular weight excluding hydrogens is 222 g/mol. The predicted molar refractivity (Wildman–Crippen MR) is 60.4 cm³/mol. The van der Waals surface area contributed by atoms with Crippen molar-refractivity contribution < 1.29 is 19.1 Å². The number of amides is 1. The number of hydrogen-bond donors (Lipinski definition) is 0. The van der Waals surface area contributed by atoms with E-state index < -0.39 is 0 Å². The first-order chi connectivity index (χ1) is 8.19. The first kappa shape index (κ1) is 12.2. The molecule has 2 aliphatic heterocycles. The van der Waals surface area contributed by atoms with Crippen LogP contribution in [0.5, 0.6) is 0 Å².